The number of fused-ring (bicyclic) bond motifs is 2. The number of amides is 1. The quantitative estimate of drug-likeness (QED) is 0.658. The maximum atomic E-state index is 11.8. The topological polar surface area (TPSA) is 41.1 Å². The fourth-order valence-corrected chi connectivity index (χ4v) is 2.37. The maximum absolute atomic E-state index is 11.8. The van der Waals surface area contributed by atoms with Crippen molar-refractivity contribution in [2.45, 2.75) is 58.2 Å². The molecule has 3 nitrogen and oxygen atoms in total. The minimum Gasteiger partial charge on any atom is -0.351 e. The van der Waals surface area contributed by atoms with Gasteiger partial charge in [-0.2, -0.15) is 0 Å². The molecule has 1 amide bonds. The van der Waals surface area contributed by atoms with E-state index in [0.29, 0.717) is 18.1 Å². The third-order valence-electron chi connectivity index (χ3n) is 3.30. The highest BCUT2D eigenvalue weighted by molar-refractivity contribution is 5.81. The molecular weight excluding hydrogens is 176 g/mol. The largest absolute Gasteiger partial charge is 0.351 e. The van der Waals surface area contributed by atoms with Crippen LogP contribution in [0.1, 0.15) is 40.0 Å². The summed E-state index contributed by atoms with van der Waals surface area (Å²) in [6, 6.07) is 1.57. The molecule has 3 unspecified atom stereocenters. The zero-order valence-corrected chi connectivity index (χ0v) is 9.26. The molecule has 2 bridgehead atoms. The van der Waals surface area contributed by atoms with Crippen molar-refractivity contribution in [3.05, 3.63) is 0 Å². The average Bonchev–Trinajstić information content (AvgIpc) is 2.62. The minimum absolute atomic E-state index is 0.178. The van der Waals surface area contributed by atoms with E-state index in [1.807, 2.05) is 20.8 Å². The second-order valence-electron chi connectivity index (χ2n) is 5.61. The van der Waals surface area contributed by atoms with Gasteiger partial charge in [-0.1, -0.05) is 20.8 Å². The summed E-state index contributed by atoms with van der Waals surface area (Å²) in [4.78, 5) is 11.8. The molecule has 0 radical (unpaired) electrons. The molecule has 0 aliphatic carbocycles. The smallest absolute Gasteiger partial charge is 0.225 e. The van der Waals surface area contributed by atoms with E-state index in [9.17, 15) is 4.79 Å². The van der Waals surface area contributed by atoms with Crippen LogP contribution in [0.15, 0.2) is 0 Å². The van der Waals surface area contributed by atoms with Gasteiger partial charge in [0, 0.05) is 23.5 Å². The zero-order valence-electron chi connectivity index (χ0n) is 9.26. The molecule has 2 aliphatic rings. The first-order valence-corrected chi connectivity index (χ1v) is 5.54. The zero-order chi connectivity index (χ0) is 10.3. The number of hydrogen-bond acceptors (Lipinski definition) is 2. The summed E-state index contributed by atoms with van der Waals surface area (Å²) < 4.78 is 0. The number of rotatable bonds is 1. The van der Waals surface area contributed by atoms with Gasteiger partial charge in [0.05, 0.1) is 0 Å². The summed E-state index contributed by atoms with van der Waals surface area (Å²) in [6.07, 6.45) is 3.62. The van der Waals surface area contributed by atoms with Crippen molar-refractivity contribution in [1.82, 2.24) is 10.6 Å². The van der Waals surface area contributed by atoms with Crippen LogP contribution in [0.4, 0.5) is 0 Å². The molecule has 0 saturated carbocycles. The SMILES string of the molecule is CC(C)(C)C(=O)NC1CC2CCC1N2. The summed E-state index contributed by atoms with van der Waals surface area (Å²) in [6.45, 7) is 5.88. The Kier molecular flexibility index (Phi) is 2.30. The number of nitrogens with one attached hydrogen (secondary N) is 2. The van der Waals surface area contributed by atoms with E-state index in [0.717, 1.165) is 6.42 Å². The van der Waals surface area contributed by atoms with Gasteiger partial charge in [0.1, 0.15) is 0 Å². The standard InChI is InChI=1S/C11H20N2O/c1-11(2,3)10(14)13-9-6-7-4-5-8(9)12-7/h7-9,12H,4-6H2,1-3H3,(H,13,14). The molecule has 3 heteroatoms. The fourth-order valence-electron chi connectivity index (χ4n) is 2.37. The third kappa shape index (κ3) is 1.78. The van der Waals surface area contributed by atoms with Crippen LogP contribution in [0.5, 0.6) is 0 Å². The lowest BCUT2D eigenvalue weighted by Crippen LogP contribution is -2.47. The Morgan fingerprint density at radius 3 is 2.50 bits per heavy atom. The predicted molar refractivity (Wildman–Crippen MR) is 55.9 cm³/mol. The number of carbonyl (C=O) groups is 1. The van der Waals surface area contributed by atoms with Crippen molar-refractivity contribution < 1.29 is 4.79 Å². The second kappa shape index (κ2) is 3.23. The lowest BCUT2D eigenvalue weighted by molar-refractivity contribution is -0.129. The van der Waals surface area contributed by atoms with Crippen molar-refractivity contribution in [3.63, 3.8) is 0 Å². The van der Waals surface area contributed by atoms with Crippen molar-refractivity contribution in [2.75, 3.05) is 0 Å². The Morgan fingerprint density at radius 2 is 2.07 bits per heavy atom. The van der Waals surface area contributed by atoms with Crippen LogP contribution in [-0.4, -0.2) is 24.0 Å². The Hall–Kier alpha value is -0.570. The Labute approximate surface area is 85.6 Å². The summed E-state index contributed by atoms with van der Waals surface area (Å²) in [7, 11) is 0. The molecule has 2 fully saturated rings. The first-order chi connectivity index (χ1) is 6.47. The number of carbonyl (C=O) groups excluding carboxylic acids is 1. The van der Waals surface area contributed by atoms with E-state index < -0.39 is 0 Å². The molecule has 0 aromatic carbocycles. The molecule has 2 rings (SSSR count). The molecule has 2 aliphatic heterocycles. The van der Waals surface area contributed by atoms with Gasteiger partial charge >= 0.3 is 0 Å². The minimum atomic E-state index is -0.262. The van der Waals surface area contributed by atoms with Crippen molar-refractivity contribution in [1.29, 1.82) is 0 Å². The van der Waals surface area contributed by atoms with Crippen LogP contribution >= 0.6 is 0 Å². The highest BCUT2D eigenvalue weighted by atomic mass is 16.2. The molecular formula is C11H20N2O. The Morgan fingerprint density at radius 1 is 1.36 bits per heavy atom. The molecule has 3 atom stereocenters. The van der Waals surface area contributed by atoms with Crippen LogP contribution < -0.4 is 10.6 Å². The van der Waals surface area contributed by atoms with Gasteiger partial charge in [0.2, 0.25) is 5.91 Å². The normalized spacial score (nSPS) is 36.1. The molecule has 80 valence electrons. The molecule has 0 spiro atoms. The summed E-state index contributed by atoms with van der Waals surface area (Å²) in [5, 5.41) is 6.67. The van der Waals surface area contributed by atoms with Gasteiger partial charge in [-0.15, -0.1) is 0 Å². The third-order valence-corrected chi connectivity index (χ3v) is 3.30. The van der Waals surface area contributed by atoms with Gasteiger partial charge in [-0.3, -0.25) is 4.79 Å². The molecule has 2 heterocycles. The first-order valence-electron chi connectivity index (χ1n) is 5.54. The van der Waals surface area contributed by atoms with Crippen molar-refractivity contribution in [2.24, 2.45) is 5.41 Å². The van der Waals surface area contributed by atoms with Crippen LogP contribution in [0, 0.1) is 5.41 Å². The fraction of sp³-hybridized carbons (Fsp3) is 0.909. The van der Waals surface area contributed by atoms with Crippen LogP contribution in [0.2, 0.25) is 0 Å². The van der Waals surface area contributed by atoms with Gasteiger partial charge in [-0.25, -0.2) is 0 Å². The maximum Gasteiger partial charge on any atom is 0.225 e. The summed E-state index contributed by atoms with van der Waals surface area (Å²) in [5.41, 5.74) is -0.262. The van der Waals surface area contributed by atoms with E-state index in [-0.39, 0.29) is 11.3 Å². The molecule has 0 aromatic heterocycles. The highest BCUT2D eigenvalue weighted by Crippen LogP contribution is 2.28. The molecule has 2 saturated heterocycles. The Bertz CT molecular complexity index is 244. The summed E-state index contributed by atoms with van der Waals surface area (Å²) >= 11 is 0. The predicted octanol–water partition coefficient (Wildman–Crippen LogP) is 1.04. The monoisotopic (exact) mass is 196 g/mol. The van der Waals surface area contributed by atoms with Gasteiger partial charge < -0.3 is 10.6 Å². The lowest BCUT2D eigenvalue weighted by atomic mass is 9.91. The van der Waals surface area contributed by atoms with E-state index in [1.54, 1.807) is 0 Å². The van der Waals surface area contributed by atoms with Crippen LogP contribution in [0.3, 0.4) is 0 Å². The molecule has 2 N–H and O–H groups in total. The van der Waals surface area contributed by atoms with Gasteiger partial charge in [-0.05, 0) is 19.3 Å². The Balaban J connectivity index is 1.90. The van der Waals surface area contributed by atoms with Crippen molar-refractivity contribution in [3.8, 4) is 0 Å². The molecule has 0 aromatic rings. The van der Waals surface area contributed by atoms with Gasteiger partial charge in [0.15, 0.2) is 0 Å². The lowest BCUT2D eigenvalue weighted by Gasteiger charge is -2.26. The second-order valence-corrected chi connectivity index (χ2v) is 5.61. The highest BCUT2D eigenvalue weighted by Gasteiger charge is 2.40. The van der Waals surface area contributed by atoms with Gasteiger partial charge in [0.25, 0.3) is 0 Å². The van der Waals surface area contributed by atoms with Crippen LogP contribution in [-0.2, 0) is 4.79 Å². The van der Waals surface area contributed by atoms with E-state index in [1.165, 1.54) is 12.8 Å². The van der Waals surface area contributed by atoms with E-state index >= 15 is 0 Å². The average molecular weight is 196 g/mol. The van der Waals surface area contributed by atoms with Crippen molar-refractivity contribution >= 4 is 5.91 Å². The molecule has 14 heavy (non-hydrogen) atoms. The summed E-state index contributed by atoms with van der Waals surface area (Å²) in [5.74, 6) is 0.178. The number of hydrogen-bond donors (Lipinski definition) is 2. The van der Waals surface area contributed by atoms with E-state index in [4.69, 9.17) is 0 Å². The van der Waals surface area contributed by atoms with E-state index in [2.05, 4.69) is 10.6 Å². The first kappa shape index (κ1) is 9.97. The van der Waals surface area contributed by atoms with Crippen LogP contribution in [0.25, 0.3) is 0 Å².